The van der Waals surface area contributed by atoms with Gasteiger partial charge in [0, 0.05) is 5.92 Å². The van der Waals surface area contributed by atoms with E-state index in [-0.39, 0.29) is 5.60 Å². The molecule has 0 aromatic carbocycles. The lowest BCUT2D eigenvalue weighted by molar-refractivity contribution is -0.0890. The third-order valence-corrected chi connectivity index (χ3v) is 4.71. The average Bonchev–Trinajstić information content (AvgIpc) is 2.57. The summed E-state index contributed by atoms with van der Waals surface area (Å²) in [4.78, 5) is 0. The lowest BCUT2D eigenvalue weighted by Crippen LogP contribution is -2.35. The van der Waals surface area contributed by atoms with E-state index in [9.17, 15) is 0 Å². The van der Waals surface area contributed by atoms with E-state index in [0.29, 0.717) is 17.9 Å². The molecule has 0 N–H and O–H groups in total. The first-order valence-corrected chi connectivity index (χ1v) is 7.27. The Balaban J connectivity index is 2.15. The molecule has 2 aliphatic rings. The van der Waals surface area contributed by atoms with Gasteiger partial charge in [-0.15, -0.1) is 0 Å². The molecule has 0 amide bonds. The Morgan fingerprint density at radius 3 is 2.53 bits per heavy atom. The maximum absolute atomic E-state index is 6.53. The molecule has 1 aliphatic heterocycles. The molecule has 1 spiro atoms. The molecule has 1 heteroatoms. The van der Waals surface area contributed by atoms with E-state index in [1.165, 1.54) is 37.7 Å². The van der Waals surface area contributed by atoms with Crippen LogP contribution < -0.4 is 0 Å². The van der Waals surface area contributed by atoms with E-state index in [4.69, 9.17) is 4.74 Å². The maximum atomic E-state index is 6.53. The summed E-state index contributed by atoms with van der Waals surface area (Å²) < 4.78 is 6.53. The molecule has 98 valence electrons. The summed E-state index contributed by atoms with van der Waals surface area (Å²) in [5.41, 5.74) is 1.51. The van der Waals surface area contributed by atoms with Crippen LogP contribution in [0.4, 0.5) is 0 Å². The van der Waals surface area contributed by atoms with Crippen LogP contribution in [-0.2, 0) is 4.74 Å². The SMILES string of the molecule is C=C(C)C1CC2(CCCC(C)C2)OC1C(C)C. The average molecular weight is 236 g/mol. The van der Waals surface area contributed by atoms with E-state index >= 15 is 0 Å². The fraction of sp³-hybridized carbons (Fsp3) is 0.875. The van der Waals surface area contributed by atoms with Crippen LogP contribution in [0.5, 0.6) is 0 Å². The monoisotopic (exact) mass is 236 g/mol. The molecule has 1 saturated heterocycles. The van der Waals surface area contributed by atoms with E-state index in [1.54, 1.807) is 0 Å². The summed E-state index contributed by atoms with van der Waals surface area (Å²) in [5, 5.41) is 0. The first kappa shape index (κ1) is 13.1. The second kappa shape index (κ2) is 4.76. The fourth-order valence-electron chi connectivity index (χ4n) is 3.90. The maximum Gasteiger partial charge on any atom is 0.0696 e. The normalized spacial score (nSPS) is 42.3. The van der Waals surface area contributed by atoms with Gasteiger partial charge in [-0.3, -0.25) is 0 Å². The molecular weight excluding hydrogens is 208 g/mol. The summed E-state index contributed by atoms with van der Waals surface area (Å²) >= 11 is 0. The van der Waals surface area contributed by atoms with Gasteiger partial charge in [0.15, 0.2) is 0 Å². The van der Waals surface area contributed by atoms with Crippen molar-refractivity contribution < 1.29 is 4.74 Å². The quantitative estimate of drug-likeness (QED) is 0.638. The molecule has 1 heterocycles. The smallest absolute Gasteiger partial charge is 0.0696 e. The Morgan fingerprint density at radius 2 is 2.06 bits per heavy atom. The second-order valence-corrected chi connectivity index (χ2v) is 6.87. The Kier molecular flexibility index (Phi) is 3.68. The standard InChI is InChI=1S/C16H28O/c1-11(2)14-10-16(17-15(14)12(3)4)8-6-7-13(5)9-16/h12-15H,1,6-10H2,2-5H3. The molecule has 2 rings (SSSR count). The molecule has 0 aromatic rings. The molecule has 0 bridgehead atoms. The highest BCUT2D eigenvalue weighted by Gasteiger charge is 2.48. The van der Waals surface area contributed by atoms with Crippen molar-refractivity contribution >= 4 is 0 Å². The number of hydrogen-bond acceptors (Lipinski definition) is 1. The van der Waals surface area contributed by atoms with Crippen molar-refractivity contribution in [2.75, 3.05) is 0 Å². The highest BCUT2D eigenvalue weighted by atomic mass is 16.5. The number of ether oxygens (including phenoxy) is 1. The Bertz CT molecular complexity index is 294. The zero-order valence-electron chi connectivity index (χ0n) is 12.0. The van der Waals surface area contributed by atoms with Gasteiger partial charge < -0.3 is 4.74 Å². The molecule has 4 atom stereocenters. The molecule has 17 heavy (non-hydrogen) atoms. The predicted molar refractivity (Wildman–Crippen MR) is 73.0 cm³/mol. The first-order valence-electron chi connectivity index (χ1n) is 7.27. The van der Waals surface area contributed by atoms with Crippen LogP contribution in [0, 0.1) is 17.8 Å². The number of hydrogen-bond donors (Lipinski definition) is 0. The van der Waals surface area contributed by atoms with Crippen LogP contribution in [0.15, 0.2) is 12.2 Å². The Morgan fingerprint density at radius 1 is 1.35 bits per heavy atom. The van der Waals surface area contributed by atoms with Crippen LogP contribution in [-0.4, -0.2) is 11.7 Å². The molecule has 1 aliphatic carbocycles. The van der Waals surface area contributed by atoms with Crippen molar-refractivity contribution in [3.63, 3.8) is 0 Å². The fourth-order valence-corrected chi connectivity index (χ4v) is 3.90. The van der Waals surface area contributed by atoms with Gasteiger partial charge in [0.25, 0.3) is 0 Å². The van der Waals surface area contributed by atoms with Gasteiger partial charge in [0.1, 0.15) is 0 Å². The minimum Gasteiger partial charge on any atom is -0.371 e. The summed E-state index contributed by atoms with van der Waals surface area (Å²) in [5.74, 6) is 2.02. The van der Waals surface area contributed by atoms with Gasteiger partial charge in [-0.1, -0.05) is 45.8 Å². The Labute approximate surface area is 107 Å². The summed E-state index contributed by atoms with van der Waals surface area (Å²) in [6, 6.07) is 0. The minimum absolute atomic E-state index is 0.191. The van der Waals surface area contributed by atoms with E-state index in [0.717, 1.165) is 5.92 Å². The van der Waals surface area contributed by atoms with Crippen molar-refractivity contribution in [3.8, 4) is 0 Å². The van der Waals surface area contributed by atoms with Gasteiger partial charge in [-0.25, -0.2) is 0 Å². The predicted octanol–water partition coefficient (Wildman–Crippen LogP) is 4.57. The molecular formula is C16H28O. The highest BCUT2D eigenvalue weighted by Crippen LogP contribution is 2.49. The van der Waals surface area contributed by atoms with Crippen LogP contribution in [0.25, 0.3) is 0 Å². The zero-order valence-corrected chi connectivity index (χ0v) is 12.0. The largest absolute Gasteiger partial charge is 0.371 e. The lowest BCUT2D eigenvalue weighted by atomic mass is 9.74. The molecule has 1 saturated carbocycles. The molecule has 2 fully saturated rings. The zero-order chi connectivity index (χ0) is 12.6. The minimum atomic E-state index is 0.191. The summed E-state index contributed by atoms with van der Waals surface area (Å²) in [6.45, 7) is 13.3. The van der Waals surface area contributed by atoms with Crippen LogP contribution in [0.3, 0.4) is 0 Å². The van der Waals surface area contributed by atoms with E-state index in [1.807, 2.05) is 0 Å². The van der Waals surface area contributed by atoms with Crippen LogP contribution in [0.1, 0.15) is 59.8 Å². The molecule has 1 nitrogen and oxygen atoms in total. The first-order chi connectivity index (χ1) is 7.93. The van der Waals surface area contributed by atoms with E-state index < -0.39 is 0 Å². The van der Waals surface area contributed by atoms with Gasteiger partial charge >= 0.3 is 0 Å². The Hall–Kier alpha value is -0.300. The topological polar surface area (TPSA) is 9.23 Å². The van der Waals surface area contributed by atoms with Crippen molar-refractivity contribution in [1.29, 1.82) is 0 Å². The van der Waals surface area contributed by atoms with Gasteiger partial charge in [0.05, 0.1) is 11.7 Å². The lowest BCUT2D eigenvalue weighted by Gasteiger charge is -2.37. The second-order valence-electron chi connectivity index (χ2n) is 6.87. The summed E-state index contributed by atoms with van der Waals surface area (Å²) in [6.07, 6.45) is 6.88. The highest BCUT2D eigenvalue weighted by molar-refractivity contribution is 5.09. The molecule has 4 unspecified atom stereocenters. The van der Waals surface area contributed by atoms with Crippen LogP contribution in [0.2, 0.25) is 0 Å². The molecule has 0 aromatic heterocycles. The van der Waals surface area contributed by atoms with Crippen molar-refractivity contribution in [2.24, 2.45) is 17.8 Å². The third kappa shape index (κ3) is 2.59. The van der Waals surface area contributed by atoms with Crippen molar-refractivity contribution in [2.45, 2.75) is 71.5 Å². The van der Waals surface area contributed by atoms with Gasteiger partial charge in [0.2, 0.25) is 0 Å². The van der Waals surface area contributed by atoms with Crippen molar-refractivity contribution in [3.05, 3.63) is 12.2 Å². The van der Waals surface area contributed by atoms with Gasteiger partial charge in [-0.2, -0.15) is 0 Å². The van der Waals surface area contributed by atoms with E-state index in [2.05, 4.69) is 34.3 Å². The molecule has 0 radical (unpaired) electrons. The summed E-state index contributed by atoms with van der Waals surface area (Å²) in [7, 11) is 0. The number of rotatable bonds is 2. The third-order valence-electron chi connectivity index (χ3n) is 4.71. The van der Waals surface area contributed by atoms with Gasteiger partial charge in [-0.05, 0) is 38.0 Å². The van der Waals surface area contributed by atoms with Crippen LogP contribution >= 0.6 is 0 Å². The van der Waals surface area contributed by atoms with Crippen molar-refractivity contribution in [1.82, 2.24) is 0 Å².